The Labute approximate surface area is 108 Å². The van der Waals surface area contributed by atoms with Gasteiger partial charge in [-0.3, -0.25) is 4.79 Å². The zero-order chi connectivity index (χ0) is 12.5. The first-order chi connectivity index (χ1) is 7.98. The fraction of sp³-hybridized carbons (Fsp3) is 0.917. The van der Waals surface area contributed by atoms with Crippen LogP contribution in [0.2, 0.25) is 0 Å². The maximum atomic E-state index is 12.3. The van der Waals surface area contributed by atoms with Crippen LogP contribution < -0.4 is 0 Å². The third-order valence-electron chi connectivity index (χ3n) is 3.88. The Balaban J connectivity index is 1.99. The van der Waals surface area contributed by atoms with Gasteiger partial charge in [0.05, 0.1) is 10.5 Å². The first kappa shape index (κ1) is 13.4. The molecular formula is C12H20O3S2. The van der Waals surface area contributed by atoms with Crippen LogP contribution in [-0.2, 0) is 14.6 Å². The van der Waals surface area contributed by atoms with Crippen molar-refractivity contribution in [2.75, 3.05) is 12.0 Å². The third-order valence-corrected chi connectivity index (χ3v) is 6.91. The van der Waals surface area contributed by atoms with Crippen molar-refractivity contribution >= 4 is 27.4 Å². The molecule has 1 aliphatic carbocycles. The fourth-order valence-electron chi connectivity index (χ4n) is 2.86. The van der Waals surface area contributed by atoms with Gasteiger partial charge in [0, 0.05) is 12.2 Å². The summed E-state index contributed by atoms with van der Waals surface area (Å²) in [6, 6.07) is 0. The molecule has 1 saturated carbocycles. The van der Waals surface area contributed by atoms with Gasteiger partial charge in [-0.25, -0.2) is 8.42 Å². The van der Waals surface area contributed by atoms with Crippen LogP contribution in [0.3, 0.4) is 0 Å². The number of ketones is 1. The van der Waals surface area contributed by atoms with Crippen molar-refractivity contribution < 1.29 is 13.2 Å². The van der Waals surface area contributed by atoms with Crippen LogP contribution in [0.4, 0.5) is 0 Å². The molecule has 0 aromatic rings. The van der Waals surface area contributed by atoms with Crippen LogP contribution in [0.1, 0.15) is 38.5 Å². The van der Waals surface area contributed by atoms with Gasteiger partial charge in [0.15, 0.2) is 0 Å². The molecule has 5 heteroatoms. The molecule has 0 N–H and O–H groups in total. The van der Waals surface area contributed by atoms with Crippen molar-refractivity contribution in [1.82, 2.24) is 0 Å². The number of carbonyl (C=O) groups is 1. The summed E-state index contributed by atoms with van der Waals surface area (Å²) in [5, 5.41) is -0.130. The van der Waals surface area contributed by atoms with Gasteiger partial charge in [-0.1, -0.05) is 6.42 Å². The number of rotatable bonds is 3. The molecule has 0 bridgehead atoms. The lowest BCUT2D eigenvalue weighted by Gasteiger charge is -2.28. The van der Waals surface area contributed by atoms with E-state index < -0.39 is 9.84 Å². The summed E-state index contributed by atoms with van der Waals surface area (Å²) in [5.74, 6) is 1.40. The van der Waals surface area contributed by atoms with E-state index in [0.29, 0.717) is 12.2 Å². The normalized spacial score (nSPS) is 34.8. The van der Waals surface area contributed by atoms with E-state index in [1.807, 2.05) is 0 Å². The average molecular weight is 276 g/mol. The Bertz CT molecular complexity index is 383. The van der Waals surface area contributed by atoms with Gasteiger partial charge in [0.2, 0.25) is 0 Å². The van der Waals surface area contributed by atoms with E-state index in [0.717, 1.165) is 37.9 Å². The summed E-state index contributed by atoms with van der Waals surface area (Å²) in [6.45, 7) is 0. The molecule has 2 aliphatic rings. The van der Waals surface area contributed by atoms with Gasteiger partial charge < -0.3 is 0 Å². The molecule has 98 valence electrons. The minimum atomic E-state index is -2.97. The number of thioether (sulfide) groups is 1. The van der Waals surface area contributed by atoms with E-state index in [2.05, 4.69) is 0 Å². The molecule has 0 amide bonds. The van der Waals surface area contributed by atoms with Crippen LogP contribution in [0.25, 0.3) is 0 Å². The number of hydrogen-bond donors (Lipinski definition) is 0. The molecule has 0 aromatic carbocycles. The SMILES string of the molecule is CS(=O)(=O)C1CCCC(C(=O)C2CCCS2)C1. The highest BCUT2D eigenvalue weighted by molar-refractivity contribution is 8.00. The predicted molar refractivity (Wildman–Crippen MR) is 71.1 cm³/mol. The first-order valence-corrected chi connectivity index (χ1v) is 9.33. The molecule has 1 heterocycles. The molecule has 2 fully saturated rings. The quantitative estimate of drug-likeness (QED) is 0.791. The number of Topliss-reactive ketones (excluding diaryl/α,β-unsaturated/α-hetero) is 1. The maximum absolute atomic E-state index is 12.3. The second-order valence-corrected chi connectivity index (χ2v) is 8.86. The molecule has 1 saturated heterocycles. The fourth-order valence-corrected chi connectivity index (χ4v) is 5.34. The summed E-state index contributed by atoms with van der Waals surface area (Å²) in [6.07, 6.45) is 6.49. The number of carbonyl (C=O) groups excluding carboxylic acids is 1. The van der Waals surface area contributed by atoms with Crippen LogP contribution in [-0.4, -0.2) is 36.7 Å². The maximum Gasteiger partial charge on any atom is 0.150 e. The lowest BCUT2D eigenvalue weighted by atomic mass is 9.84. The van der Waals surface area contributed by atoms with Crippen LogP contribution in [0, 0.1) is 5.92 Å². The van der Waals surface area contributed by atoms with Gasteiger partial charge in [0.1, 0.15) is 15.6 Å². The number of hydrogen-bond acceptors (Lipinski definition) is 4. The van der Waals surface area contributed by atoms with Gasteiger partial charge >= 0.3 is 0 Å². The summed E-state index contributed by atoms with van der Waals surface area (Å²) >= 11 is 1.75. The predicted octanol–water partition coefficient (Wildman–Crippen LogP) is 2.05. The van der Waals surface area contributed by atoms with Gasteiger partial charge in [-0.2, -0.15) is 11.8 Å². The van der Waals surface area contributed by atoms with Crippen molar-refractivity contribution in [1.29, 1.82) is 0 Å². The highest BCUT2D eigenvalue weighted by atomic mass is 32.2. The third kappa shape index (κ3) is 3.25. The highest BCUT2D eigenvalue weighted by Gasteiger charge is 2.36. The van der Waals surface area contributed by atoms with Crippen molar-refractivity contribution in [2.45, 2.75) is 49.0 Å². The molecular weight excluding hydrogens is 256 g/mol. The highest BCUT2D eigenvalue weighted by Crippen LogP contribution is 2.35. The van der Waals surface area contributed by atoms with E-state index >= 15 is 0 Å². The average Bonchev–Trinajstić information content (AvgIpc) is 2.80. The zero-order valence-corrected chi connectivity index (χ0v) is 11.9. The molecule has 2 rings (SSSR count). The van der Waals surface area contributed by atoms with Crippen LogP contribution >= 0.6 is 11.8 Å². The van der Waals surface area contributed by atoms with E-state index in [9.17, 15) is 13.2 Å². The van der Waals surface area contributed by atoms with E-state index in [1.165, 1.54) is 6.26 Å². The largest absolute Gasteiger partial charge is 0.298 e. The van der Waals surface area contributed by atoms with Crippen molar-refractivity contribution in [2.24, 2.45) is 5.92 Å². The Morgan fingerprint density at radius 1 is 1.18 bits per heavy atom. The lowest BCUT2D eigenvalue weighted by molar-refractivity contribution is -0.123. The standard InChI is InChI=1S/C12H20O3S2/c1-17(14,15)10-5-2-4-9(8-10)12(13)11-6-3-7-16-11/h9-11H,2-8H2,1H3. The van der Waals surface area contributed by atoms with Gasteiger partial charge in [0.25, 0.3) is 0 Å². The Hall–Kier alpha value is -0.0300. The molecule has 17 heavy (non-hydrogen) atoms. The lowest BCUT2D eigenvalue weighted by Crippen LogP contribution is -2.34. The van der Waals surface area contributed by atoms with Crippen LogP contribution in [0.5, 0.6) is 0 Å². The molecule has 1 aliphatic heterocycles. The second kappa shape index (κ2) is 5.31. The monoisotopic (exact) mass is 276 g/mol. The summed E-state index contributed by atoms with van der Waals surface area (Å²) in [7, 11) is -2.97. The van der Waals surface area contributed by atoms with Gasteiger partial charge in [-0.15, -0.1) is 0 Å². The summed E-state index contributed by atoms with van der Waals surface area (Å²) in [5.41, 5.74) is 0. The Kier molecular flexibility index (Phi) is 4.18. The molecule has 0 radical (unpaired) electrons. The molecule has 0 spiro atoms. The molecule has 3 unspecified atom stereocenters. The van der Waals surface area contributed by atoms with Crippen LogP contribution in [0.15, 0.2) is 0 Å². The first-order valence-electron chi connectivity index (χ1n) is 6.32. The van der Waals surface area contributed by atoms with Crippen molar-refractivity contribution in [3.05, 3.63) is 0 Å². The topological polar surface area (TPSA) is 51.2 Å². The molecule has 3 atom stereocenters. The minimum absolute atomic E-state index is 0.000856. The minimum Gasteiger partial charge on any atom is -0.298 e. The Morgan fingerprint density at radius 3 is 2.53 bits per heavy atom. The van der Waals surface area contributed by atoms with E-state index in [1.54, 1.807) is 11.8 Å². The van der Waals surface area contributed by atoms with Crippen molar-refractivity contribution in [3.8, 4) is 0 Å². The van der Waals surface area contributed by atoms with E-state index in [4.69, 9.17) is 0 Å². The molecule has 3 nitrogen and oxygen atoms in total. The van der Waals surface area contributed by atoms with E-state index in [-0.39, 0.29) is 16.4 Å². The number of sulfone groups is 1. The second-order valence-electron chi connectivity index (χ2n) is 5.22. The summed E-state index contributed by atoms with van der Waals surface area (Å²) < 4.78 is 23.1. The zero-order valence-electron chi connectivity index (χ0n) is 10.2. The van der Waals surface area contributed by atoms with Gasteiger partial charge in [-0.05, 0) is 37.9 Å². The molecule has 0 aromatic heterocycles. The smallest absolute Gasteiger partial charge is 0.150 e. The Morgan fingerprint density at radius 2 is 1.94 bits per heavy atom. The van der Waals surface area contributed by atoms with Crippen molar-refractivity contribution in [3.63, 3.8) is 0 Å². The summed E-state index contributed by atoms with van der Waals surface area (Å²) in [4.78, 5) is 12.3.